The van der Waals surface area contributed by atoms with Crippen LogP contribution in [0.1, 0.15) is 18.5 Å². The zero-order valence-corrected chi connectivity index (χ0v) is 21.0. The van der Waals surface area contributed by atoms with Crippen molar-refractivity contribution in [3.8, 4) is 28.3 Å². The van der Waals surface area contributed by atoms with E-state index >= 15 is 0 Å². The number of H-pyrrole nitrogens is 1. The lowest BCUT2D eigenvalue weighted by Gasteiger charge is -2.32. The van der Waals surface area contributed by atoms with Crippen molar-refractivity contribution in [1.82, 2.24) is 19.6 Å². The van der Waals surface area contributed by atoms with Gasteiger partial charge in [0, 0.05) is 13.1 Å². The molecule has 1 aliphatic heterocycles. The molecule has 2 N–H and O–H groups in total. The molecule has 0 amide bonds. The number of rotatable bonds is 5. The maximum absolute atomic E-state index is 14.3. The molecule has 0 saturated carbocycles. The van der Waals surface area contributed by atoms with Crippen molar-refractivity contribution in [2.75, 3.05) is 25.1 Å². The molecule has 13 heteroatoms. The highest BCUT2D eigenvalue weighted by Crippen LogP contribution is 2.40. The average molecular weight is 553 g/mol. The van der Waals surface area contributed by atoms with E-state index in [0.717, 1.165) is 4.52 Å². The van der Waals surface area contributed by atoms with E-state index < -0.39 is 29.3 Å². The molecule has 10 nitrogen and oxygen atoms in total. The van der Waals surface area contributed by atoms with Crippen molar-refractivity contribution >= 4 is 28.5 Å². The summed E-state index contributed by atoms with van der Waals surface area (Å²) in [5, 5.41) is 11.9. The fourth-order valence-electron chi connectivity index (χ4n) is 5.13. The Morgan fingerprint density at radius 1 is 1.12 bits per heavy atom. The third-order valence-electron chi connectivity index (χ3n) is 6.99. The van der Waals surface area contributed by atoms with Crippen LogP contribution < -0.4 is 15.2 Å². The second-order valence-electron chi connectivity index (χ2n) is 9.45. The maximum atomic E-state index is 14.3. The van der Waals surface area contributed by atoms with Gasteiger partial charge < -0.3 is 19.2 Å². The number of carbonyl (C=O) groups is 1. The van der Waals surface area contributed by atoms with Crippen LogP contribution >= 0.6 is 0 Å². The number of alkyl halides is 3. The monoisotopic (exact) mass is 553 g/mol. The molecule has 40 heavy (non-hydrogen) atoms. The largest absolute Gasteiger partial charge is 0.494 e. The van der Waals surface area contributed by atoms with Gasteiger partial charge in [0.25, 0.3) is 5.56 Å². The Bertz CT molecular complexity index is 1810. The van der Waals surface area contributed by atoms with Gasteiger partial charge in [0.1, 0.15) is 22.8 Å². The quantitative estimate of drug-likeness (QED) is 0.317. The van der Waals surface area contributed by atoms with Crippen molar-refractivity contribution in [3.05, 3.63) is 64.6 Å². The number of ether oxygens (including phenoxy) is 1. The molecule has 0 spiro atoms. The first kappa shape index (κ1) is 25.5. The topological polar surface area (TPSA) is 126 Å². The molecular formula is C27H22F3N5O5. The summed E-state index contributed by atoms with van der Waals surface area (Å²) < 4.78 is 54.7. The van der Waals surface area contributed by atoms with Crippen molar-refractivity contribution < 1.29 is 32.2 Å². The molecule has 0 radical (unpaired) electrons. The molecule has 206 valence electrons. The number of hydrogen-bond acceptors (Lipinski definition) is 7. The summed E-state index contributed by atoms with van der Waals surface area (Å²) in [4.78, 5) is 36.5. The number of carboxylic acids is 1. The van der Waals surface area contributed by atoms with Crippen LogP contribution in [0.3, 0.4) is 0 Å². The van der Waals surface area contributed by atoms with E-state index in [9.17, 15) is 27.9 Å². The Labute approximate surface area is 223 Å². The number of nitrogens with one attached hydrogen (secondary N) is 1. The summed E-state index contributed by atoms with van der Waals surface area (Å²) in [6.45, 7) is 0.339. The number of halogens is 3. The number of piperidine rings is 1. The molecule has 1 saturated heterocycles. The van der Waals surface area contributed by atoms with Crippen LogP contribution in [0.5, 0.6) is 5.75 Å². The summed E-state index contributed by atoms with van der Waals surface area (Å²) in [6.07, 6.45) is -3.94. The van der Waals surface area contributed by atoms with Crippen molar-refractivity contribution in [1.29, 1.82) is 0 Å². The molecule has 6 rings (SSSR count). The summed E-state index contributed by atoms with van der Waals surface area (Å²) in [5.41, 5.74) is -1.98. The van der Waals surface area contributed by atoms with Gasteiger partial charge in [0.05, 0.1) is 18.6 Å². The number of para-hydroxylation sites is 1. The fraction of sp³-hybridized carbons (Fsp3) is 0.259. The SMILES string of the molecule is COc1cccc2oc(-c3c(N4CCCC(C(=O)O)C4)nc4c(-c5ccccc5)c(C(F)(F)F)[nH]n4c3=O)nc12. The Balaban J connectivity index is 1.68. The highest BCUT2D eigenvalue weighted by atomic mass is 19.4. The minimum absolute atomic E-state index is 0.00567. The normalized spacial score (nSPS) is 16.1. The number of aromatic nitrogens is 4. The highest BCUT2D eigenvalue weighted by molar-refractivity contribution is 5.86. The lowest BCUT2D eigenvalue weighted by molar-refractivity contribution is -0.142. The van der Waals surface area contributed by atoms with Crippen LogP contribution in [0.2, 0.25) is 0 Å². The molecule has 4 heterocycles. The van der Waals surface area contributed by atoms with E-state index in [1.165, 1.54) is 19.2 Å². The second-order valence-corrected chi connectivity index (χ2v) is 9.45. The molecule has 1 atom stereocenters. The number of aromatic amines is 1. The minimum atomic E-state index is -4.84. The van der Waals surface area contributed by atoms with E-state index in [0.29, 0.717) is 36.2 Å². The van der Waals surface area contributed by atoms with E-state index in [1.807, 2.05) is 0 Å². The maximum Gasteiger partial charge on any atom is 0.433 e. The number of oxazole rings is 1. The van der Waals surface area contributed by atoms with Gasteiger partial charge in [0.2, 0.25) is 5.89 Å². The van der Waals surface area contributed by atoms with Crippen molar-refractivity contribution in [2.24, 2.45) is 5.92 Å². The van der Waals surface area contributed by atoms with Crippen molar-refractivity contribution in [3.63, 3.8) is 0 Å². The summed E-state index contributed by atoms with van der Waals surface area (Å²) in [6, 6.07) is 12.7. The molecule has 1 aliphatic rings. The average Bonchev–Trinajstić information content (AvgIpc) is 3.55. The molecule has 0 bridgehead atoms. The number of anilines is 1. The Hall–Kier alpha value is -4.81. The molecule has 1 unspecified atom stereocenters. The van der Waals surface area contributed by atoms with Crippen LogP contribution in [0.25, 0.3) is 39.3 Å². The van der Waals surface area contributed by atoms with Gasteiger partial charge in [0.15, 0.2) is 16.7 Å². The van der Waals surface area contributed by atoms with Crippen LogP contribution in [0.15, 0.2) is 57.7 Å². The molecular weight excluding hydrogens is 531 g/mol. The van der Waals surface area contributed by atoms with Crippen LogP contribution in [-0.2, 0) is 11.0 Å². The third kappa shape index (κ3) is 4.14. The second kappa shape index (κ2) is 9.43. The zero-order valence-electron chi connectivity index (χ0n) is 21.0. The van der Waals surface area contributed by atoms with Gasteiger partial charge in [-0.05, 0) is 30.5 Å². The summed E-state index contributed by atoms with van der Waals surface area (Å²) in [5.74, 6) is -1.58. The lowest BCUT2D eigenvalue weighted by atomic mass is 9.98. The van der Waals surface area contributed by atoms with Gasteiger partial charge in [-0.2, -0.15) is 17.7 Å². The highest BCUT2D eigenvalue weighted by Gasteiger charge is 2.39. The number of benzene rings is 2. The van der Waals surface area contributed by atoms with Gasteiger partial charge in [-0.3, -0.25) is 14.7 Å². The summed E-state index contributed by atoms with van der Waals surface area (Å²) >= 11 is 0. The Kier molecular flexibility index (Phi) is 6.01. The van der Waals surface area contributed by atoms with Crippen LogP contribution in [0.4, 0.5) is 19.0 Å². The smallest absolute Gasteiger partial charge is 0.433 e. The van der Waals surface area contributed by atoms with Gasteiger partial charge in [-0.15, -0.1) is 0 Å². The number of fused-ring (bicyclic) bond motifs is 2. The molecule has 1 fully saturated rings. The summed E-state index contributed by atoms with van der Waals surface area (Å²) in [7, 11) is 1.44. The van der Waals surface area contributed by atoms with Gasteiger partial charge in [-0.1, -0.05) is 36.4 Å². The molecule has 3 aromatic heterocycles. The number of aliphatic carboxylic acids is 1. The van der Waals surface area contributed by atoms with E-state index in [4.69, 9.17) is 9.15 Å². The number of methoxy groups -OCH3 is 1. The Morgan fingerprint density at radius 2 is 1.90 bits per heavy atom. The first-order chi connectivity index (χ1) is 19.2. The molecule has 0 aliphatic carbocycles. The Morgan fingerprint density at radius 3 is 2.60 bits per heavy atom. The predicted octanol–water partition coefficient (Wildman–Crippen LogP) is 4.83. The van der Waals surface area contributed by atoms with Crippen LogP contribution in [0, 0.1) is 5.92 Å². The molecule has 2 aromatic carbocycles. The van der Waals surface area contributed by atoms with E-state index in [1.54, 1.807) is 41.3 Å². The first-order valence-electron chi connectivity index (χ1n) is 12.4. The minimum Gasteiger partial charge on any atom is -0.494 e. The number of hydrogen-bond donors (Lipinski definition) is 2. The van der Waals surface area contributed by atoms with E-state index in [2.05, 4.69) is 15.1 Å². The fourth-order valence-corrected chi connectivity index (χ4v) is 5.13. The van der Waals surface area contributed by atoms with Crippen molar-refractivity contribution in [2.45, 2.75) is 19.0 Å². The zero-order chi connectivity index (χ0) is 28.2. The van der Waals surface area contributed by atoms with Gasteiger partial charge in [-0.25, -0.2) is 9.97 Å². The standard InChI is InChI=1S/C27H22F3N5O5/c1-39-16-10-5-11-17-20(16)31-24(40-17)19-22(34-12-6-9-15(13-34)26(37)38)32-23-18(14-7-3-2-4-8-14)21(27(28,29)30)33-35(23)25(19)36/h2-5,7-8,10-11,15,33H,6,9,12-13H2,1H3,(H,37,38). The third-order valence-corrected chi connectivity index (χ3v) is 6.99. The molecule has 5 aromatic rings. The number of nitrogens with zero attached hydrogens (tertiary/aromatic N) is 4. The van der Waals surface area contributed by atoms with E-state index in [-0.39, 0.29) is 40.6 Å². The van der Waals surface area contributed by atoms with Gasteiger partial charge >= 0.3 is 12.1 Å². The lowest BCUT2D eigenvalue weighted by Crippen LogP contribution is -2.40. The van der Waals surface area contributed by atoms with Crippen LogP contribution in [-0.4, -0.2) is 50.9 Å². The predicted molar refractivity (Wildman–Crippen MR) is 138 cm³/mol. The first-order valence-corrected chi connectivity index (χ1v) is 12.4. The number of carboxylic acid groups (broad SMARTS) is 1.